The molecule has 2 fully saturated rings. The van der Waals surface area contributed by atoms with Crippen LogP contribution < -0.4 is 16.2 Å². The van der Waals surface area contributed by atoms with Gasteiger partial charge in [-0.15, -0.1) is 0 Å². The minimum absolute atomic E-state index is 0.207. The number of benzene rings is 1. The van der Waals surface area contributed by atoms with Crippen LogP contribution in [-0.4, -0.2) is 84.9 Å². The van der Waals surface area contributed by atoms with E-state index in [0.717, 1.165) is 58.5 Å². The van der Waals surface area contributed by atoms with Crippen molar-refractivity contribution < 1.29 is 5.11 Å². The van der Waals surface area contributed by atoms with Crippen LogP contribution in [0.4, 0.5) is 11.6 Å². The van der Waals surface area contributed by atoms with Gasteiger partial charge in [0, 0.05) is 38.3 Å². The Bertz CT molecular complexity index is 1290. The van der Waals surface area contributed by atoms with E-state index in [4.69, 9.17) is 18.0 Å². The summed E-state index contributed by atoms with van der Waals surface area (Å²) in [5.41, 5.74) is 7.46. The van der Waals surface area contributed by atoms with Crippen LogP contribution in [0.1, 0.15) is 31.7 Å². The Morgan fingerprint density at radius 2 is 1.86 bits per heavy atom. The van der Waals surface area contributed by atoms with Gasteiger partial charge in [-0.3, -0.25) is 24.8 Å². The van der Waals surface area contributed by atoms with Gasteiger partial charge < -0.3 is 20.7 Å². The van der Waals surface area contributed by atoms with Gasteiger partial charge in [-0.2, -0.15) is 4.98 Å². The van der Waals surface area contributed by atoms with Crippen molar-refractivity contribution >= 4 is 23.9 Å². The highest BCUT2D eigenvalue weighted by Gasteiger charge is 2.34. The molecule has 0 radical (unpaired) electrons. The summed E-state index contributed by atoms with van der Waals surface area (Å²) in [6.07, 6.45) is 3.25. The molecule has 192 valence electrons. The first kappa shape index (κ1) is 24.5. The number of piperazine rings is 1. The molecule has 1 atom stereocenters. The van der Waals surface area contributed by atoms with Crippen molar-refractivity contribution in [3.05, 3.63) is 45.0 Å². The minimum Gasteiger partial charge on any atom is -0.508 e. The van der Waals surface area contributed by atoms with Crippen molar-refractivity contribution in [3.8, 4) is 17.3 Å². The van der Waals surface area contributed by atoms with E-state index in [1.165, 1.54) is 5.56 Å². The Balaban J connectivity index is 1.22. The molecule has 0 bridgehead atoms. The van der Waals surface area contributed by atoms with Gasteiger partial charge in [-0.05, 0) is 62.3 Å². The summed E-state index contributed by atoms with van der Waals surface area (Å²) in [6.45, 7) is 7.57. The molecule has 3 aromatic rings. The molecule has 11 nitrogen and oxygen atoms in total. The van der Waals surface area contributed by atoms with Crippen molar-refractivity contribution in [2.75, 3.05) is 43.4 Å². The molecule has 6 N–H and O–H groups in total. The normalized spacial score (nSPS) is 20.1. The highest BCUT2D eigenvalue weighted by Crippen LogP contribution is 2.26. The summed E-state index contributed by atoms with van der Waals surface area (Å²) in [4.78, 5) is 31.5. The summed E-state index contributed by atoms with van der Waals surface area (Å²) in [7, 11) is 0. The summed E-state index contributed by atoms with van der Waals surface area (Å²) < 4.78 is 0.280. The second-order valence-electron chi connectivity index (χ2n) is 9.59. The molecule has 2 aliphatic rings. The first-order valence-corrected chi connectivity index (χ1v) is 12.9. The van der Waals surface area contributed by atoms with Crippen molar-refractivity contribution in [3.63, 3.8) is 0 Å². The van der Waals surface area contributed by atoms with E-state index in [1.54, 1.807) is 12.1 Å². The molecule has 2 aromatic heterocycles. The van der Waals surface area contributed by atoms with Gasteiger partial charge >= 0.3 is 0 Å². The molecular formula is C24H33N9O2S. The zero-order valence-corrected chi connectivity index (χ0v) is 21.2. The lowest BCUT2D eigenvalue weighted by molar-refractivity contribution is 0.0610. The van der Waals surface area contributed by atoms with Gasteiger partial charge in [0.1, 0.15) is 11.4 Å². The molecule has 2 saturated heterocycles. The van der Waals surface area contributed by atoms with E-state index >= 15 is 0 Å². The van der Waals surface area contributed by atoms with E-state index < -0.39 is 0 Å². The molecule has 0 saturated carbocycles. The number of aromatic nitrogens is 5. The summed E-state index contributed by atoms with van der Waals surface area (Å²) in [5.74, 6) is 1.23. The zero-order valence-electron chi connectivity index (χ0n) is 20.4. The fourth-order valence-corrected chi connectivity index (χ4v) is 5.55. The van der Waals surface area contributed by atoms with Gasteiger partial charge in [0.2, 0.25) is 4.77 Å². The lowest BCUT2D eigenvalue weighted by Crippen LogP contribution is -2.59. The Morgan fingerprint density at radius 1 is 1.11 bits per heavy atom. The number of hydrogen-bond donors (Lipinski definition) is 5. The highest BCUT2D eigenvalue weighted by atomic mass is 32.1. The Kier molecular flexibility index (Phi) is 7.08. The van der Waals surface area contributed by atoms with E-state index in [-0.39, 0.29) is 16.1 Å². The number of aromatic hydroxyl groups is 1. The molecule has 5 rings (SSSR count). The molecule has 2 aliphatic heterocycles. The molecule has 1 aromatic carbocycles. The number of H-pyrrole nitrogens is 3. The van der Waals surface area contributed by atoms with Crippen molar-refractivity contribution in [1.29, 1.82) is 0 Å². The summed E-state index contributed by atoms with van der Waals surface area (Å²) in [6, 6.07) is 8.37. The third-order valence-corrected chi connectivity index (χ3v) is 7.52. The lowest BCUT2D eigenvalue weighted by atomic mass is 9.98. The number of hydrogen-bond acceptors (Lipinski definition) is 9. The number of phenols is 1. The predicted molar refractivity (Wildman–Crippen MR) is 141 cm³/mol. The van der Waals surface area contributed by atoms with Gasteiger partial charge in [0.15, 0.2) is 17.5 Å². The number of nitrogens with two attached hydrogens (primary N) is 1. The first-order chi connectivity index (χ1) is 17.4. The topological polar surface area (TPSA) is 146 Å². The van der Waals surface area contributed by atoms with Crippen LogP contribution in [0, 0.1) is 4.77 Å². The van der Waals surface area contributed by atoms with Gasteiger partial charge in [-0.25, -0.2) is 4.98 Å². The second-order valence-corrected chi connectivity index (χ2v) is 9.97. The number of anilines is 2. The van der Waals surface area contributed by atoms with E-state index in [2.05, 4.69) is 46.8 Å². The number of likely N-dealkylation sites (tertiary alicyclic amines) is 1. The fourth-order valence-electron chi connectivity index (χ4n) is 5.41. The molecule has 0 aliphatic carbocycles. The Hall–Kier alpha value is -3.22. The highest BCUT2D eigenvalue weighted by molar-refractivity contribution is 7.71. The van der Waals surface area contributed by atoms with Crippen LogP contribution in [-0.2, 0) is 6.54 Å². The standard InChI is InChI=1S/C24H33N9O2S/c1-2-16-14-32(22-23(35)26-19(20(25)27-22)21-28-24(36)30-29-21)11-12-33(16)17-7-9-31(10-8-17)13-15-3-5-18(34)6-4-15/h3-6,16-17,34H,2,7-14H2,1H3,(H2,25,27)(H,26,35)(H2,28,29,30,36). The maximum atomic E-state index is 12.9. The molecule has 12 heteroatoms. The smallest absolute Gasteiger partial charge is 0.291 e. The predicted octanol–water partition coefficient (Wildman–Crippen LogP) is 2.07. The fraction of sp³-hybridized carbons (Fsp3) is 0.500. The number of nitrogens with zero attached hydrogens (tertiary/aromatic N) is 5. The van der Waals surface area contributed by atoms with Crippen LogP contribution in [0.3, 0.4) is 0 Å². The van der Waals surface area contributed by atoms with Crippen molar-refractivity contribution in [2.45, 2.75) is 44.8 Å². The number of phenolic OH excluding ortho intramolecular Hbond substituents is 1. The number of piperidine rings is 1. The second kappa shape index (κ2) is 10.4. The summed E-state index contributed by atoms with van der Waals surface area (Å²) >= 11 is 4.99. The third-order valence-electron chi connectivity index (χ3n) is 7.33. The van der Waals surface area contributed by atoms with Crippen LogP contribution in [0.15, 0.2) is 29.1 Å². The van der Waals surface area contributed by atoms with Gasteiger partial charge in [0.25, 0.3) is 5.56 Å². The van der Waals surface area contributed by atoms with Crippen molar-refractivity contribution in [1.82, 2.24) is 34.9 Å². The third kappa shape index (κ3) is 5.15. The molecular weight excluding hydrogens is 478 g/mol. The Morgan fingerprint density at radius 3 is 2.53 bits per heavy atom. The van der Waals surface area contributed by atoms with E-state index in [0.29, 0.717) is 35.2 Å². The SMILES string of the molecule is CCC1CN(c2nc(N)c(-c3nc(=S)[nH][nH]3)[nH]c2=O)CCN1C1CCN(Cc2ccc(O)cc2)CC1. The monoisotopic (exact) mass is 511 g/mol. The average Bonchev–Trinajstić information content (AvgIpc) is 3.32. The van der Waals surface area contributed by atoms with Gasteiger partial charge in [-0.1, -0.05) is 19.1 Å². The molecule has 36 heavy (non-hydrogen) atoms. The molecule has 0 spiro atoms. The number of nitrogens with one attached hydrogen (secondary N) is 3. The van der Waals surface area contributed by atoms with Crippen molar-refractivity contribution in [2.24, 2.45) is 0 Å². The van der Waals surface area contributed by atoms with Crippen LogP contribution in [0.25, 0.3) is 11.5 Å². The maximum Gasteiger partial charge on any atom is 0.291 e. The molecule has 1 unspecified atom stereocenters. The number of nitrogen functional groups attached to an aromatic ring is 1. The van der Waals surface area contributed by atoms with Gasteiger partial charge in [0.05, 0.1) is 0 Å². The number of rotatable bonds is 6. The van der Waals surface area contributed by atoms with Crippen LogP contribution >= 0.6 is 12.2 Å². The molecule has 0 amide bonds. The number of aromatic amines is 3. The molecule has 4 heterocycles. The average molecular weight is 512 g/mol. The van der Waals surface area contributed by atoms with E-state index in [1.807, 2.05) is 12.1 Å². The lowest BCUT2D eigenvalue weighted by Gasteiger charge is -2.47. The van der Waals surface area contributed by atoms with Crippen LogP contribution in [0.2, 0.25) is 0 Å². The van der Waals surface area contributed by atoms with Crippen LogP contribution in [0.5, 0.6) is 5.75 Å². The largest absolute Gasteiger partial charge is 0.508 e. The Labute approximate surface area is 214 Å². The maximum absolute atomic E-state index is 12.9. The minimum atomic E-state index is -0.285. The first-order valence-electron chi connectivity index (χ1n) is 12.5. The quantitative estimate of drug-likeness (QED) is 0.314. The van der Waals surface area contributed by atoms with E-state index in [9.17, 15) is 9.90 Å². The summed E-state index contributed by atoms with van der Waals surface area (Å²) in [5, 5.41) is 15.0. The zero-order chi connectivity index (χ0) is 25.2.